The minimum absolute atomic E-state index is 0.0704. The van der Waals surface area contributed by atoms with Crippen molar-refractivity contribution >= 4 is 35.5 Å². The van der Waals surface area contributed by atoms with E-state index in [4.69, 9.17) is 17.2 Å². The van der Waals surface area contributed by atoms with Crippen LogP contribution in [0.1, 0.15) is 37.8 Å². The number of carboxylic acid groups (broad SMARTS) is 1. The Balaban J connectivity index is 2.22. The van der Waals surface area contributed by atoms with Crippen LogP contribution in [0.15, 0.2) is 12.5 Å². The third-order valence-corrected chi connectivity index (χ3v) is 5.48. The van der Waals surface area contributed by atoms with Gasteiger partial charge in [0.15, 0.2) is 0 Å². The average molecular weight is 495 g/mol. The Bertz CT molecular complexity index is 951. The monoisotopic (exact) mass is 494 g/mol. The van der Waals surface area contributed by atoms with E-state index >= 15 is 0 Å². The minimum atomic E-state index is -1.31. The van der Waals surface area contributed by atoms with E-state index in [0.717, 1.165) is 4.90 Å². The van der Waals surface area contributed by atoms with Gasteiger partial charge in [-0.05, 0) is 19.3 Å². The molecule has 15 heteroatoms. The zero-order valence-electron chi connectivity index (χ0n) is 18.9. The summed E-state index contributed by atoms with van der Waals surface area (Å²) in [5.41, 5.74) is 16.4. The van der Waals surface area contributed by atoms with Crippen molar-refractivity contribution < 1.29 is 33.9 Å². The van der Waals surface area contributed by atoms with Crippen LogP contribution >= 0.6 is 0 Å². The molecule has 1 fully saturated rings. The Morgan fingerprint density at radius 2 is 1.80 bits per heavy atom. The molecule has 1 aromatic heterocycles. The number of rotatable bonds is 13. The van der Waals surface area contributed by atoms with Gasteiger partial charge < -0.3 is 42.8 Å². The molecule has 1 aliphatic heterocycles. The number of aromatic nitrogens is 2. The summed E-state index contributed by atoms with van der Waals surface area (Å²) in [7, 11) is 0. The van der Waals surface area contributed by atoms with Gasteiger partial charge in [0.1, 0.15) is 18.1 Å². The molecule has 1 saturated heterocycles. The van der Waals surface area contributed by atoms with Gasteiger partial charge in [-0.3, -0.25) is 24.0 Å². The van der Waals surface area contributed by atoms with E-state index in [1.807, 2.05) is 0 Å². The number of carbonyl (C=O) groups excluding carboxylic acids is 5. The van der Waals surface area contributed by atoms with E-state index in [-0.39, 0.29) is 32.2 Å². The molecule has 4 atom stereocenters. The molecule has 0 bridgehead atoms. The van der Waals surface area contributed by atoms with Crippen LogP contribution in [0.4, 0.5) is 0 Å². The van der Waals surface area contributed by atoms with Crippen molar-refractivity contribution in [1.82, 2.24) is 25.5 Å². The maximum Gasteiger partial charge on any atom is 0.326 e. The van der Waals surface area contributed by atoms with Crippen LogP contribution in [-0.2, 0) is 35.2 Å². The summed E-state index contributed by atoms with van der Waals surface area (Å²) >= 11 is 0. The number of nitrogens with two attached hydrogens (primary N) is 3. The van der Waals surface area contributed by atoms with Crippen molar-refractivity contribution in [3.05, 3.63) is 18.2 Å². The van der Waals surface area contributed by atoms with Gasteiger partial charge in [0.05, 0.1) is 18.8 Å². The van der Waals surface area contributed by atoms with Crippen LogP contribution < -0.4 is 27.8 Å². The second kappa shape index (κ2) is 12.5. The minimum Gasteiger partial charge on any atom is -0.480 e. The number of aliphatic carboxylic acids is 1. The second-order valence-electron chi connectivity index (χ2n) is 8.21. The van der Waals surface area contributed by atoms with Crippen molar-refractivity contribution in [3.63, 3.8) is 0 Å². The highest BCUT2D eigenvalue weighted by atomic mass is 16.4. The highest BCUT2D eigenvalue weighted by Gasteiger charge is 2.38. The molecule has 35 heavy (non-hydrogen) atoms. The highest BCUT2D eigenvalue weighted by Crippen LogP contribution is 2.19. The van der Waals surface area contributed by atoms with Crippen molar-refractivity contribution in [3.8, 4) is 0 Å². The van der Waals surface area contributed by atoms with E-state index in [0.29, 0.717) is 12.1 Å². The molecule has 1 aromatic rings. The number of primary amides is 2. The Kier molecular flexibility index (Phi) is 9.69. The van der Waals surface area contributed by atoms with Crippen molar-refractivity contribution in [2.75, 3.05) is 6.54 Å². The predicted octanol–water partition coefficient (Wildman–Crippen LogP) is -3.53. The standard InChI is InChI=1S/C20H30N8O7/c21-11(7-16(23)30)17(31)27-13(6-10-8-24-9-25-10)18(32)26-12(3-4-15(22)29)19(33)28-5-1-2-14(28)20(34)35/h8-9,11-14H,1-7,21H2,(H2,22,29)(H2,23,30)(H,24,25)(H,26,32)(H,27,31)(H,34,35). The van der Waals surface area contributed by atoms with E-state index in [1.165, 1.54) is 12.5 Å². The van der Waals surface area contributed by atoms with E-state index in [2.05, 4.69) is 20.6 Å². The summed E-state index contributed by atoms with van der Waals surface area (Å²) in [6.07, 6.45) is 2.58. The van der Waals surface area contributed by atoms with Crippen molar-refractivity contribution in [1.29, 1.82) is 0 Å². The zero-order valence-corrected chi connectivity index (χ0v) is 18.9. The lowest BCUT2D eigenvalue weighted by molar-refractivity contribution is -0.149. The van der Waals surface area contributed by atoms with E-state index in [9.17, 15) is 33.9 Å². The largest absolute Gasteiger partial charge is 0.480 e. The fourth-order valence-electron chi connectivity index (χ4n) is 3.72. The normalized spacial score (nSPS) is 17.7. The van der Waals surface area contributed by atoms with Crippen LogP contribution in [0.25, 0.3) is 0 Å². The number of carboxylic acids is 1. The van der Waals surface area contributed by atoms with E-state index in [1.54, 1.807) is 0 Å². The molecule has 10 N–H and O–H groups in total. The van der Waals surface area contributed by atoms with Crippen LogP contribution in [0.2, 0.25) is 0 Å². The first-order valence-corrected chi connectivity index (χ1v) is 10.9. The third-order valence-electron chi connectivity index (χ3n) is 5.48. The predicted molar refractivity (Wildman–Crippen MR) is 119 cm³/mol. The lowest BCUT2D eigenvalue weighted by atomic mass is 10.1. The molecule has 0 aliphatic carbocycles. The highest BCUT2D eigenvalue weighted by molar-refractivity contribution is 5.95. The van der Waals surface area contributed by atoms with Crippen molar-refractivity contribution in [2.24, 2.45) is 17.2 Å². The summed E-state index contributed by atoms with van der Waals surface area (Å²) in [4.78, 5) is 80.4. The lowest BCUT2D eigenvalue weighted by Gasteiger charge is -2.28. The molecule has 0 saturated carbocycles. The molecule has 0 spiro atoms. The molecule has 4 unspecified atom stereocenters. The molecule has 5 amide bonds. The fraction of sp³-hybridized carbons (Fsp3) is 0.550. The van der Waals surface area contributed by atoms with Crippen molar-refractivity contribution in [2.45, 2.75) is 62.7 Å². The Morgan fingerprint density at radius 3 is 2.37 bits per heavy atom. The molecule has 2 rings (SSSR count). The maximum atomic E-state index is 13.1. The van der Waals surface area contributed by atoms with Crippen LogP contribution in [-0.4, -0.2) is 86.2 Å². The number of H-pyrrole nitrogens is 1. The molecular weight excluding hydrogens is 464 g/mol. The number of carbonyl (C=O) groups is 6. The molecule has 0 aromatic carbocycles. The van der Waals surface area contributed by atoms with Gasteiger partial charge in [-0.25, -0.2) is 9.78 Å². The summed E-state index contributed by atoms with van der Waals surface area (Å²) < 4.78 is 0. The molecule has 192 valence electrons. The van der Waals surface area contributed by atoms with Gasteiger partial charge in [0.25, 0.3) is 0 Å². The second-order valence-corrected chi connectivity index (χ2v) is 8.21. The number of hydrogen-bond donors (Lipinski definition) is 7. The third kappa shape index (κ3) is 8.06. The SMILES string of the molecule is NC(=O)CCC(NC(=O)C(Cc1cnc[nH]1)NC(=O)C(N)CC(N)=O)C(=O)N1CCCC1C(=O)O. The van der Waals surface area contributed by atoms with E-state index < -0.39 is 66.1 Å². The molecule has 1 aliphatic rings. The number of aromatic amines is 1. The van der Waals surface area contributed by atoms with Gasteiger partial charge in [0, 0.05) is 31.3 Å². The summed E-state index contributed by atoms with van der Waals surface area (Å²) in [5, 5.41) is 14.3. The summed E-state index contributed by atoms with van der Waals surface area (Å²) in [6.45, 7) is 0.176. The van der Waals surface area contributed by atoms with Gasteiger partial charge in [-0.2, -0.15) is 0 Å². The van der Waals surface area contributed by atoms with Gasteiger partial charge in [0.2, 0.25) is 29.5 Å². The van der Waals surface area contributed by atoms with Gasteiger partial charge in [-0.15, -0.1) is 0 Å². The summed E-state index contributed by atoms with van der Waals surface area (Å²) in [5.74, 6) is -5.00. The summed E-state index contributed by atoms with van der Waals surface area (Å²) in [6, 6.07) is -4.88. The number of hydrogen-bond acceptors (Lipinski definition) is 8. The quantitative estimate of drug-likeness (QED) is 0.143. The zero-order chi connectivity index (χ0) is 26.1. The number of nitrogens with zero attached hydrogens (tertiary/aromatic N) is 2. The molecular formula is C20H30N8O7. The molecule has 15 nitrogen and oxygen atoms in total. The molecule has 2 heterocycles. The number of likely N-dealkylation sites (tertiary alicyclic amines) is 1. The Hall–Kier alpha value is -4.01. The first-order valence-electron chi connectivity index (χ1n) is 10.9. The first kappa shape index (κ1) is 27.2. The lowest BCUT2D eigenvalue weighted by Crippen LogP contribution is -2.58. The van der Waals surface area contributed by atoms with Crippen LogP contribution in [0.5, 0.6) is 0 Å². The van der Waals surface area contributed by atoms with Gasteiger partial charge >= 0.3 is 5.97 Å². The number of imidazole rings is 1. The number of nitrogens with one attached hydrogen (secondary N) is 3. The molecule has 0 radical (unpaired) electrons. The Labute approximate surface area is 200 Å². The average Bonchev–Trinajstić information content (AvgIpc) is 3.46. The maximum absolute atomic E-state index is 13.1. The fourth-order valence-corrected chi connectivity index (χ4v) is 3.72. The first-order chi connectivity index (χ1) is 16.5. The topological polar surface area (TPSA) is 257 Å². The number of amides is 5. The smallest absolute Gasteiger partial charge is 0.326 e. The Morgan fingerprint density at radius 1 is 1.11 bits per heavy atom. The van der Waals surface area contributed by atoms with Crippen LogP contribution in [0.3, 0.4) is 0 Å². The van der Waals surface area contributed by atoms with Gasteiger partial charge in [-0.1, -0.05) is 0 Å². The van der Waals surface area contributed by atoms with Crippen LogP contribution in [0, 0.1) is 0 Å².